The molecule has 0 fully saturated rings. The average Bonchev–Trinajstić information content (AvgIpc) is 2.34. The molecule has 0 bridgehead atoms. The van der Waals surface area contributed by atoms with Gasteiger partial charge in [0.15, 0.2) is 0 Å². The van der Waals surface area contributed by atoms with Crippen molar-refractivity contribution in [1.82, 2.24) is 5.32 Å². The first-order chi connectivity index (χ1) is 7.74. The van der Waals surface area contributed by atoms with Gasteiger partial charge in [-0.1, -0.05) is 52.9 Å². The molecule has 0 amide bonds. The summed E-state index contributed by atoms with van der Waals surface area (Å²) in [5.41, 5.74) is 0.185. The zero-order valence-electron chi connectivity index (χ0n) is 11.4. The standard InChI is InChI=1S/C14H30ClN/c1-4-7-8-9-10-11-12-16-14(5-2,6-3)13-15/h16H,4-13H2,1-3H3. The zero-order valence-corrected chi connectivity index (χ0v) is 12.2. The Hall–Kier alpha value is 0.250. The molecule has 2 heteroatoms. The molecule has 0 rings (SSSR count). The van der Waals surface area contributed by atoms with Crippen molar-refractivity contribution in [3.8, 4) is 0 Å². The molecule has 0 aromatic carbocycles. The molecule has 0 aliphatic carbocycles. The summed E-state index contributed by atoms with van der Waals surface area (Å²) in [6, 6.07) is 0. The van der Waals surface area contributed by atoms with Gasteiger partial charge >= 0.3 is 0 Å². The fourth-order valence-electron chi connectivity index (χ4n) is 2.00. The molecule has 1 N–H and O–H groups in total. The van der Waals surface area contributed by atoms with Crippen molar-refractivity contribution in [1.29, 1.82) is 0 Å². The van der Waals surface area contributed by atoms with Gasteiger partial charge in [0, 0.05) is 11.4 Å². The first-order valence-electron chi connectivity index (χ1n) is 7.05. The third kappa shape index (κ3) is 6.75. The fourth-order valence-corrected chi connectivity index (χ4v) is 2.47. The first kappa shape index (κ1) is 16.2. The predicted molar refractivity (Wildman–Crippen MR) is 75.4 cm³/mol. The molecule has 16 heavy (non-hydrogen) atoms. The van der Waals surface area contributed by atoms with E-state index in [1.54, 1.807) is 0 Å². The van der Waals surface area contributed by atoms with Crippen LogP contribution in [0.4, 0.5) is 0 Å². The van der Waals surface area contributed by atoms with Crippen LogP contribution in [0.3, 0.4) is 0 Å². The quantitative estimate of drug-likeness (QED) is 0.411. The second-order valence-electron chi connectivity index (χ2n) is 4.82. The van der Waals surface area contributed by atoms with E-state index in [0.29, 0.717) is 0 Å². The normalized spacial score (nSPS) is 12.0. The second kappa shape index (κ2) is 10.4. The van der Waals surface area contributed by atoms with Gasteiger partial charge in [-0.2, -0.15) is 0 Å². The van der Waals surface area contributed by atoms with Gasteiger partial charge in [0.1, 0.15) is 0 Å². The Morgan fingerprint density at radius 3 is 1.94 bits per heavy atom. The highest BCUT2D eigenvalue weighted by molar-refractivity contribution is 6.18. The minimum atomic E-state index is 0.185. The van der Waals surface area contributed by atoms with E-state index >= 15 is 0 Å². The van der Waals surface area contributed by atoms with Gasteiger partial charge in [0.25, 0.3) is 0 Å². The third-order valence-corrected chi connectivity index (χ3v) is 4.15. The van der Waals surface area contributed by atoms with Gasteiger partial charge in [-0.05, 0) is 25.8 Å². The van der Waals surface area contributed by atoms with E-state index < -0.39 is 0 Å². The Morgan fingerprint density at radius 2 is 1.44 bits per heavy atom. The minimum absolute atomic E-state index is 0.185. The summed E-state index contributed by atoms with van der Waals surface area (Å²) in [6.45, 7) is 7.83. The van der Waals surface area contributed by atoms with Crippen LogP contribution in [0.25, 0.3) is 0 Å². The lowest BCUT2D eigenvalue weighted by Gasteiger charge is -2.30. The molecule has 0 aliphatic rings. The van der Waals surface area contributed by atoms with Gasteiger partial charge < -0.3 is 5.32 Å². The van der Waals surface area contributed by atoms with Crippen LogP contribution in [0, 0.1) is 0 Å². The first-order valence-corrected chi connectivity index (χ1v) is 7.59. The number of alkyl halides is 1. The van der Waals surface area contributed by atoms with Crippen LogP contribution in [-0.4, -0.2) is 18.0 Å². The van der Waals surface area contributed by atoms with E-state index in [2.05, 4.69) is 26.1 Å². The molecule has 0 unspecified atom stereocenters. The Labute approximate surface area is 107 Å². The van der Waals surface area contributed by atoms with Crippen LogP contribution in [0.15, 0.2) is 0 Å². The topological polar surface area (TPSA) is 12.0 Å². The Bertz CT molecular complexity index is 135. The van der Waals surface area contributed by atoms with Crippen LogP contribution in [0.1, 0.15) is 72.1 Å². The molecule has 98 valence electrons. The van der Waals surface area contributed by atoms with Crippen LogP contribution in [0.5, 0.6) is 0 Å². The maximum absolute atomic E-state index is 6.04. The molecule has 0 spiro atoms. The SMILES string of the molecule is CCCCCCCCNC(CC)(CC)CCl. The largest absolute Gasteiger partial charge is 0.310 e. The van der Waals surface area contributed by atoms with Crippen LogP contribution in [0.2, 0.25) is 0 Å². The van der Waals surface area contributed by atoms with E-state index in [9.17, 15) is 0 Å². The number of halogens is 1. The molecular weight excluding hydrogens is 218 g/mol. The van der Waals surface area contributed by atoms with Crippen LogP contribution >= 0.6 is 11.6 Å². The summed E-state index contributed by atoms with van der Waals surface area (Å²) in [7, 11) is 0. The number of unbranched alkanes of at least 4 members (excludes halogenated alkanes) is 5. The highest BCUT2D eigenvalue weighted by Gasteiger charge is 2.23. The number of hydrogen-bond donors (Lipinski definition) is 1. The van der Waals surface area contributed by atoms with Gasteiger partial charge in [-0.25, -0.2) is 0 Å². The highest BCUT2D eigenvalue weighted by Crippen LogP contribution is 2.17. The predicted octanol–water partition coefficient (Wildman–Crippen LogP) is 4.73. The average molecular weight is 248 g/mol. The van der Waals surface area contributed by atoms with Crippen LogP contribution < -0.4 is 5.32 Å². The van der Waals surface area contributed by atoms with Crippen molar-refractivity contribution < 1.29 is 0 Å². The molecule has 0 saturated carbocycles. The lowest BCUT2D eigenvalue weighted by molar-refractivity contribution is 0.332. The van der Waals surface area contributed by atoms with E-state index in [1.807, 2.05) is 0 Å². The number of nitrogens with one attached hydrogen (secondary N) is 1. The monoisotopic (exact) mass is 247 g/mol. The second-order valence-corrected chi connectivity index (χ2v) is 5.08. The maximum Gasteiger partial charge on any atom is 0.0405 e. The molecule has 0 radical (unpaired) electrons. The Morgan fingerprint density at radius 1 is 0.875 bits per heavy atom. The van der Waals surface area contributed by atoms with E-state index in [1.165, 1.54) is 38.5 Å². The molecular formula is C14H30ClN. The van der Waals surface area contributed by atoms with Gasteiger partial charge in [-0.3, -0.25) is 0 Å². The summed E-state index contributed by atoms with van der Waals surface area (Å²) in [6.07, 6.45) is 10.4. The number of hydrogen-bond acceptors (Lipinski definition) is 1. The zero-order chi connectivity index (χ0) is 12.3. The van der Waals surface area contributed by atoms with Gasteiger partial charge in [0.2, 0.25) is 0 Å². The van der Waals surface area contributed by atoms with Crippen molar-refractivity contribution in [3.05, 3.63) is 0 Å². The molecule has 0 aliphatic heterocycles. The molecule has 0 atom stereocenters. The summed E-state index contributed by atoms with van der Waals surface area (Å²) in [5.74, 6) is 0.732. The van der Waals surface area contributed by atoms with Crippen molar-refractivity contribution in [2.75, 3.05) is 12.4 Å². The third-order valence-electron chi connectivity index (χ3n) is 3.64. The van der Waals surface area contributed by atoms with Crippen molar-refractivity contribution in [3.63, 3.8) is 0 Å². The van der Waals surface area contributed by atoms with Crippen LogP contribution in [-0.2, 0) is 0 Å². The van der Waals surface area contributed by atoms with Gasteiger partial charge in [-0.15, -0.1) is 11.6 Å². The summed E-state index contributed by atoms with van der Waals surface area (Å²) in [4.78, 5) is 0. The fraction of sp³-hybridized carbons (Fsp3) is 1.00. The molecule has 0 aromatic rings. The summed E-state index contributed by atoms with van der Waals surface area (Å²) >= 11 is 6.04. The lowest BCUT2D eigenvalue weighted by Crippen LogP contribution is -2.46. The molecule has 0 heterocycles. The summed E-state index contributed by atoms with van der Waals surface area (Å²) in [5, 5.41) is 3.64. The lowest BCUT2D eigenvalue weighted by atomic mass is 9.95. The van der Waals surface area contributed by atoms with Crippen molar-refractivity contribution in [2.24, 2.45) is 0 Å². The molecule has 0 saturated heterocycles. The van der Waals surface area contributed by atoms with Gasteiger partial charge in [0.05, 0.1) is 0 Å². The summed E-state index contributed by atoms with van der Waals surface area (Å²) < 4.78 is 0. The maximum atomic E-state index is 6.04. The number of rotatable bonds is 11. The Balaban J connectivity index is 3.48. The van der Waals surface area contributed by atoms with Crippen molar-refractivity contribution >= 4 is 11.6 Å². The minimum Gasteiger partial charge on any atom is -0.310 e. The van der Waals surface area contributed by atoms with E-state index in [-0.39, 0.29) is 5.54 Å². The van der Waals surface area contributed by atoms with E-state index in [4.69, 9.17) is 11.6 Å². The molecule has 0 aromatic heterocycles. The Kier molecular flexibility index (Phi) is 10.6. The molecule has 1 nitrogen and oxygen atoms in total. The van der Waals surface area contributed by atoms with E-state index in [0.717, 1.165) is 25.3 Å². The van der Waals surface area contributed by atoms with Crippen molar-refractivity contribution in [2.45, 2.75) is 77.7 Å². The highest BCUT2D eigenvalue weighted by atomic mass is 35.5. The smallest absolute Gasteiger partial charge is 0.0405 e.